The third-order valence-corrected chi connectivity index (χ3v) is 2.62. The number of rotatable bonds is 2. The minimum atomic E-state index is 0.538. The maximum absolute atomic E-state index is 5.17. The molecule has 0 fully saturated rings. The van der Waals surface area contributed by atoms with Crippen molar-refractivity contribution in [2.24, 2.45) is 0 Å². The minimum absolute atomic E-state index is 0.538. The van der Waals surface area contributed by atoms with E-state index in [2.05, 4.69) is 23.6 Å². The van der Waals surface area contributed by atoms with Crippen LogP contribution in [0.3, 0.4) is 0 Å². The van der Waals surface area contributed by atoms with Crippen molar-refractivity contribution < 1.29 is 4.74 Å². The molecule has 0 saturated carbocycles. The molecule has 0 radical (unpaired) electrons. The zero-order valence-electron chi connectivity index (χ0n) is 8.63. The molecule has 3 nitrogen and oxygen atoms in total. The molecule has 0 saturated heterocycles. The van der Waals surface area contributed by atoms with Crippen LogP contribution in [0.4, 0.5) is 11.4 Å². The Morgan fingerprint density at radius 2 is 2.29 bits per heavy atom. The van der Waals surface area contributed by atoms with Crippen molar-refractivity contribution >= 4 is 11.4 Å². The molecule has 0 amide bonds. The highest BCUT2D eigenvalue weighted by Crippen LogP contribution is 2.30. The number of fused-ring (bicyclic) bond motifs is 1. The van der Waals surface area contributed by atoms with E-state index in [1.165, 1.54) is 5.69 Å². The van der Waals surface area contributed by atoms with Gasteiger partial charge in [-0.1, -0.05) is 6.92 Å². The van der Waals surface area contributed by atoms with Crippen LogP contribution >= 0.6 is 0 Å². The molecule has 1 aromatic rings. The Hall–Kier alpha value is -1.38. The van der Waals surface area contributed by atoms with Gasteiger partial charge in [0.2, 0.25) is 0 Å². The fraction of sp³-hybridized carbons (Fsp3) is 0.455. The molecule has 0 spiro atoms. The van der Waals surface area contributed by atoms with Crippen LogP contribution in [0.25, 0.3) is 0 Å². The standard InChI is InChI=1S/C11H16N2O/c1-3-8-7-12-11-6-9(14-2)4-5-10(11)13-8/h4-6,8,12-13H,3,7H2,1-2H3. The van der Waals surface area contributed by atoms with Gasteiger partial charge in [-0.25, -0.2) is 0 Å². The predicted octanol–water partition coefficient (Wildman–Crippen LogP) is 2.31. The van der Waals surface area contributed by atoms with Gasteiger partial charge in [0.1, 0.15) is 5.75 Å². The van der Waals surface area contributed by atoms with Crippen LogP contribution in [0.1, 0.15) is 13.3 Å². The molecular formula is C11H16N2O. The van der Waals surface area contributed by atoms with E-state index >= 15 is 0 Å². The smallest absolute Gasteiger partial charge is 0.121 e. The molecular weight excluding hydrogens is 176 g/mol. The zero-order valence-corrected chi connectivity index (χ0v) is 8.63. The summed E-state index contributed by atoms with van der Waals surface area (Å²) in [6, 6.07) is 6.60. The molecule has 3 heteroatoms. The van der Waals surface area contributed by atoms with E-state index < -0.39 is 0 Å². The highest BCUT2D eigenvalue weighted by atomic mass is 16.5. The average molecular weight is 192 g/mol. The molecule has 0 aliphatic carbocycles. The summed E-state index contributed by atoms with van der Waals surface area (Å²) in [6.07, 6.45) is 1.14. The van der Waals surface area contributed by atoms with Gasteiger partial charge in [-0.05, 0) is 18.6 Å². The van der Waals surface area contributed by atoms with E-state index in [0.717, 1.165) is 24.4 Å². The number of benzene rings is 1. The highest BCUT2D eigenvalue weighted by Gasteiger charge is 2.15. The Morgan fingerprint density at radius 3 is 3.00 bits per heavy atom. The Kier molecular flexibility index (Phi) is 2.48. The monoisotopic (exact) mass is 192 g/mol. The fourth-order valence-corrected chi connectivity index (χ4v) is 1.67. The Balaban J connectivity index is 2.23. The topological polar surface area (TPSA) is 33.3 Å². The molecule has 1 unspecified atom stereocenters. The maximum Gasteiger partial charge on any atom is 0.121 e. The predicted molar refractivity (Wildman–Crippen MR) is 59.2 cm³/mol. The summed E-state index contributed by atoms with van der Waals surface area (Å²) < 4.78 is 5.17. The molecule has 2 N–H and O–H groups in total. The number of hydrogen-bond acceptors (Lipinski definition) is 3. The summed E-state index contributed by atoms with van der Waals surface area (Å²) in [5.74, 6) is 0.896. The summed E-state index contributed by atoms with van der Waals surface area (Å²) in [5, 5.41) is 6.88. The van der Waals surface area contributed by atoms with Gasteiger partial charge >= 0.3 is 0 Å². The van der Waals surface area contributed by atoms with Gasteiger partial charge in [0.05, 0.1) is 18.5 Å². The van der Waals surface area contributed by atoms with E-state index in [0.29, 0.717) is 6.04 Å². The van der Waals surface area contributed by atoms with Crippen molar-refractivity contribution in [2.75, 3.05) is 24.3 Å². The second-order valence-electron chi connectivity index (χ2n) is 3.54. The van der Waals surface area contributed by atoms with Gasteiger partial charge in [0.15, 0.2) is 0 Å². The first kappa shape index (κ1) is 9.19. The van der Waals surface area contributed by atoms with Crippen molar-refractivity contribution in [1.82, 2.24) is 0 Å². The van der Waals surface area contributed by atoms with Gasteiger partial charge < -0.3 is 15.4 Å². The Morgan fingerprint density at radius 1 is 1.43 bits per heavy atom. The summed E-state index contributed by atoms with van der Waals surface area (Å²) in [5.41, 5.74) is 2.30. The summed E-state index contributed by atoms with van der Waals surface area (Å²) in [7, 11) is 1.69. The number of methoxy groups -OCH3 is 1. The molecule has 1 atom stereocenters. The van der Waals surface area contributed by atoms with E-state index in [4.69, 9.17) is 4.74 Å². The van der Waals surface area contributed by atoms with E-state index in [1.54, 1.807) is 7.11 Å². The Bertz CT molecular complexity index is 325. The van der Waals surface area contributed by atoms with Gasteiger partial charge in [0, 0.05) is 18.7 Å². The largest absolute Gasteiger partial charge is 0.497 e. The van der Waals surface area contributed by atoms with Gasteiger partial charge in [-0.2, -0.15) is 0 Å². The van der Waals surface area contributed by atoms with Crippen molar-refractivity contribution in [1.29, 1.82) is 0 Å². The fourth-order valence-electron chi connectivity index (χ4n) is 1.67. The summed E-state index contributed by atoms with van der Waals surface area (Å²) in [4.78, 5) is 0. The quantitative estimate of drug-likeness (QED) is 0.754. The van der Waals surface area contributed by atoms with E-state index in [9.17, 15) is 0 Å². The molecule has 0 aromatic heterocycles. The van der Waals surface area contributed by atoms with Crippen LogP contribution in [0.2, 0.25) is 0 Å². The molecule has 14 heavy (non-hydrogen) atoms. The number of hydrogen-bond donors (Lipinski definition) is 2. The zero-order chi connectivity index (χ0) is 9.97. The molecule has 0 bridgehead atoms. The average Bonchev–Trinajstić information content (AvgIpc) is 2.27. The number of ether oxygens (including phenoxy) is 1. The van der Waals surface area contributed by atoms with Gasteiger partial charge in [-0.15, -0.1) is 0 Å². The van der Waals surface area contributed by atoms with E-state index in [-0.39, 0.29) is 0 Å². The second kappa shape index (κ2) is 3.78. The molecule has 1 aromatic carbocycles. The lowest BCUT2D eigenvalue weighted by Crippen LogP contribution is -2.32. The molecule has 1 aliphatic rings. The molecule has 76 valence electrons. The second-order valence-corrected chi connectivity index (χ2v) is 3.54. The minimum Gasteiger partial charge on any atom is -0.497 e. The van der Waals surface area contributed by atoms with Crippen LogP contribution in [0, 0.1) is 0 Å². The van der Waals surface area contributed by atoms with E-state index in [1.807, 2.05) is 12.1 Å². The highest BCUT2D eigenvalue weighted by molar-refractivity contribution is 5.73. The Labute approximate surface area is 84.5 Å². The number of nitrogens with one attached hydrogen (secondary N) is 2. The van der Waals surface area contributed by atoms with Gasteiger partial charge in [-0.3, -0.25) is 0 Å². The van der Waals surface area contributed by atoms with Crippen LogP contribution in [-0.2, 0) is 0 Å². The molecule has 2 rings (SSSR count). The summed E-state index contributed by atoms with van der Waals surface area (Å²) >= 11 is 0. The van der Waals surface area contributed by atoms with Crippen molar-refractivity contribution in [2.45, 2.75) is 19.4 Å². The third-order valence-electron chi connectivity index (χ3n) is 2.62. The molecule has 1 heterocycles. The normalized spacial score (nSPS) is 19.1. The first-order valence-electron chi connectivity index (χ1n) is 5.02. The molecule has 1 aliphatic heterocycles. The lowest BCUT2D eigenvalue weighted by molar-refractivity contribution is 0.415. The SMILES string of the molecule is CCC1CNc2cc(OC)ccc2N1. The van der Waals surface area contributed by atoms with Crippen LogP contribution in [0.5, 0.6) is 5.75 Å². The first-order chi connectivity index (χ1) is 6.83. The van der Waals surface area contributed by atoms with Crippen molar-refractivity contribution in [3.05, 3.63) is 18.2 Å². The summed E-state index contributed by atoms with van der Waals surface area (Å²) in [6.45, 7) is 3.17. The van der Waals surface area contributed by atoms with Crippen LogP contribution < -0.4 is 15.4 Å². The van der Waals surface area contributed by atoms with Crippen molar-refractivity contribution in [3.8, 4) is 5.75 Å². The van der Waals surface area contributed by atoms with Gasteiger partial charge in [0.25, 0.3) is 0 Å². The van der Waals surface area contributed by atoms with Crippen LogP contribution in [0.15, 0.2) is 18.2 Å². The van der Waals surface area contributed by atoms with Crippen molar-refractivity contribution in [3.63, 3.8) is 0 Å². The maximum atomic E-state index is 5.17. The lowest BCUT2D eigenvalue weighted by Gasteiger charge is -2.27. The van der Waals surface area contributed by atoms with Crippen LogP contribution in [-0.4, -0.2) is 19.7 Å². The first-order valence-corrected chi connectivity index (χ1v) is 5.02. The number of anilines is 2. The third kappa shape index (κ3) is 1.62. The lowest BCUT2D eigenvalue weighted by atomic mass is 10.1.